The predicted molar refractivity (Wildman–Crippen MR) is 98.3 cm³/mol. The molecule has 0 amide bonds. The molecule has 4 aromatic rings. The molecule has 0 fully saturated rings. The van der Waals surface area contributed by atoms with Gasteiger partial charge in [0.2, 0.25) is 11.6 Å². The molecule has 0 aliphatic heterocycles. The third-order valence-electron chi connectivity index (χ3n) is 3.95. The highest BCUT2D eigenvalue weighted by Crippen LogP contribution is 2.23. The number of ether oxygens (including phenoxy) is 2. The van der Waals surface area contributed by atoms with Crippen LogP contribution in [0.2, 0.25) is 0 Å². The molecule has 0 radical (unpaired) electrons. The van der Waals surface area contributed by atoms with E-state index < -0.39 is 5.97 Å². The van der Waals surface area contributed by atoms with Gasteiger partial charge in [0.1, 0.15) is 23.1 Å². The molecule has 152 valence electrons. The van der Waals surface area contributed by atoms with Crippen molar-refractivity contribution in [1.29, 1.82) is 0 Å². The van der Waals surface area contributed by atoms with Gasteiger partial charge < -0.3 is 18.4 Å². The zero-order valence-corrected chi connectivity index (χ0v) is 15.4. The Morgan fingerprint density at radius 3 is 2.33 bits per heavy atom. The lowest BCUT2D eigenvalue weighted by Crippen LogP contribution is -2.04. The van der Waals surface area contributed by atoms with Gasteiger partial charge in [-0.3, -0.25) is 0 Å². The summed E-state index contributed by atoms with van der Waals surface area (Å²) >= 11 is 0. The fraction of sp³-hybridized carbons (Fsp3) is 0.0952. The Morgan fingerprint density at radius 1 is 0.900 bits per heavy atom. The number of hydrogen-bond acceptors (Lipinski definition) is 7. The minimum Gasteiger partial charge on any atom is -0.485 e. The minimum atomic E-state index is -0.717. The van der Waals surface area contributed by atoms with Crippen LogP contribution in [0.15, 0.2) is 69.6 Å². The van der Waals surface area contributed by atoms with Crippen molar-refractivity contribution in [1.82, 2.24) is 10.1 Å². The van der Waals surface area contributed by atoms with Gasteiger partial charge in [0.05, 0.1) is 0 Å². The lowest BCUT2D eigenvalue weighted by molar-refractivity contribution is 0.0394. The number of halogens is 2. The molecular formula is C21H14F2N2O5. The molecule has 0 N–H and O–H groups in total. The van der Waals surface area contributed by atoms with Crippen LogP contribution >= 0.6 is 0 Å². The maximum Gasteiger partial charge on any atom is 0.374 e. The van der Waals surface area contributed by atoms with Gasteiger partial charge in [-0.15, -0.1) is 0 Å². The Hall–Kier alpha value is -4.01. The third kappa shape index (κ3) is 4.69. The van der Waals surface area contributed by atoms with Crippen LogP contribution < -0.4 is 4.74 Å². The van der Waals surface area contributed by atoms with Crippen LogP contribution in [0.5, 0.6) is 5.75 Å². The van der Waals surface area contributed by atoms with Gasteiger partial charge in [-0.25, -0.2) is 13.6 Å². The van der Waals surface area contributed by atoms with E-state index in [1.807, 2.05) is 0 Å². The molecular weight excluding hydrogens is 398 g/mol. The first kappa shape index (κ1) is 19.3. The molecule has 0 bridgehead atoms. The molecule has 30 heavy (non-hydrogen) atoms. The van der Waals surface area contributed by atoms with E-state index in [1.165, 1.54) is 54.6 Å². The minimum absolute atomic E-state index is 0.00227. The fourth-order valence-electron chi connectivity index (χ4n) is 2.50. The molecule has 0 spiro atoms. The number of esters is 1. The Bertz CT molecular complexity index is 1140. The van der Waals surface area contributed by atoms with E-state index in [-0.39, 0.29) is 42.3 Å². The second-order valence-electron chi connectivity index (χ2n) is 6.09. The van der Waals surface area contributed by atoms with Crippen LogP contribution in [-0.4, -0.2) is 16.1 Å². The van der Waals surface area contributed by atoms with Crippen LogP contribution in [-0.2, 0) is 18.0 Å². The first-order chi connectivity index (χ1) is 14.6. The first-order valence-corrected chi connectivity index (χ1v) is 8.79. The first-order valence-electron chi connectivity index (χ1n) is 8.79. The number of carbonyl (C=O) groups is 1. The van der Waals surface area contributed by atoms with Crippen LogP contribution in [0.25, 0.3) is 11.3 Å². The van der Waals surface area contributed by atoms with Crippen molar-refractivity contribution >= 4 is 5.97 Å². The highest BCUT2D eigenvalue weighted by atomic mass is 19.1. The van der Waals surface area contributed by atoms with Gasteiger partial charge >= 0.3 is 5.97 Å². The number of carbonyl (C=O) groups excluding carboxylic acids is 1. The molecule has 0 saturated carbocycles. The van der Waals surface area contributed by atoms with E-state index >= 15 is 0 Å². The van der Waals surface area contributed by atoms with Crippen molar-refractivity contribution in [3.05, 3.63) is 89.8 Å². The zero-order chi connectivity index (χ0) is 20.9. The van der Waals surface area contributed by atoms with Crippen LogP contribution in [0.3, 0.4) is 0 Å². The van der Waals surface area contributed by atoms with Crippen molar-refractivity contribution in [2.24, 2.45) is 0 Å². The van der Waals surface area contributed by atoms with E-state index in [0.29, 0.717) is 17.1 Å². The van der Waals surface area contributed by atoms with E-state index in [4.69, 9.17) is 18.4 Å². The highest BCUT2D eigenvalue weighted by molar-refractivity contribution is 5.87. The summed E-state index contributed by atoms with van der Waals surface area (Å²) in [4.78, 5) is 16.2. The molecule has 0 aliphatic carbocycles. The maximum atomic E-state index is 13.0. The Morgan fingerprint density at radius 2 is 1.60 bits per heavy atom. The average molecular weight is 412 g/mol. The van der Waals surface area contributed by atoms with Crippen molar-refractivity contribution in [2.45, 2.75) is 13.2 Å². The average Bonchev–Trinajstić information content (AvgIpc) is 3.42. The SMILES string of the molecule is O=C(OCc1nc(COc2ccc(F)cc2)no1)c1ccc(-c2ccc(F)cc2)o1. The molecule has 2 aromatic heterocycles. The summed E-state index contributed by atoms with van der Waals surface area (Å²) < 4.78 is 46.8. The van der Waals surface area contributed by atoms with E-state index in [2.05, 4.69) is 10.1 Å². The number of nitrogens with zero attached hydrogens (tertiary/aromatic N) is 2. The summed E-state index contributed by atoms with van der Waals surface area (Å²) in [5.41, 5.74) is 0.623. The Balaban J connectivity index is 1.30. The Labute approximate surface area is 168 Å². The number of benzene rings is 2. The molecule has 7 nitrogen and oxygen atoms in total. The molecule has 0 aliphatic rings. The van der Waals surface area contributed by atoms with Gasteiger partial charge in [0.25, 0.3) is 5.89 Å². The van der Waals surface area contributed by atoms with Crippen molar-refractivity contribution in [3.63, 3.8) is 0 Å². The second kappa shape index (κ2) is 8.56. The van der Waals surface area contributed by atoms with Crippen molar-refractivity contribution < 1.29 is 32.0 Å². The van der Waals surface area contributed by atoms with E-state index in [1.54, 1.807) is 6.07 Å². The van der Waals surface area contributed by atoms with Gasteiger partial charge in [0.15, 0.2) is 13.2 Å². The molecule has 0 saturated heterocycles. The normalized spacial score (nSPS) is 10.7. The van der Waals surface area contributed by atoms with Crippen LogP contribution in [0, 0.1) is 11.6 Å². The maximum absolute atomic E-state index is 13.0. The lowest BCUT2D eigenvalue weighted by atomic mass is 10.2. The van der Waals surface area contributed by atoms with Gasteiger partial charge in [0, 0.05) is 5.56 Å². The van der Waals surface area contributed by atoms with Gasteiger partial charge in [-0.2, -0.15) is 4.98 Å². The summed E-state index contributed by atoms with van der Waals surface area (Å²) in [5.74, 6) is -0.309. The van der Waals surface area contributed by atoms with Crippen LogP contribution in [0.1, 0.15) is 22.3 Å². The highest BCUT2D eigenvalue weighted by Gasteiger charge is 2.16. The molecule has 2 aromatic carbocycles. The number of furan rings is 1. The van der Waals surface area contributed by atoms with Crippen LogP contribution in [0.4, 0.5) is 8.78 Å². The van der Waals surface area contributed by atoms with Crippen molar-refractivity contribution in [3.8, 4) is 17.1 Å². The second-order valence-corrected chi connectivity index (χ2v) is 6.09. The summed E-state index contributed by atoms with van der Waals surface area (Å²) in [6.07, 6.45) is 0. The molecule has 2 heterocycles. The van der Waals surface area contributed by atoms with E-state index in [0.717, 1.165) is 0 Å². The smallest absolute Gasteiger partial charge is 0.374 e. The summed E-state index contributed by atoms with van der Waals surface area (Å²) in [6, 6.07) is 14.2. The third-order valence-corrected chi connectivity index (χ3v) is 3.95. The van der Waals surface area contributed by atoms with E-state index in [9.17, 15) is 13.6 Å². The summed E-state index contributed by atoms with van der Waals surface area (Å²) in [7, 11) is 0. The van der Waals surface area contributed by atoms with Crippen molar-refractivity contribution in [2.75, 3.05) is 0 Å². The molecule has 4 rings (SSSR count). The summed E-state index contributed by atoms with van der Waals surface area (Å²) in [5, 5.41) is 3.72. The molecule has 9 heteroatoms. The van der Waals surface area contributed by atoms with Gasteiger partial charge in [-0.05, 0) is 60.7 Å². The number of hydrogen-bond donors (Lipinski definition) is 0. The molecule has 0 atom stereocenters. The fourth-order valence-corrected chi connectivity index (χ4v) is 2.50. The topological polar surface area (TPSA) is 87.6 Å². The monoisotopic (exact) mass is 412 g/mol. The zero-order valence-electron chi connectivity index (χ0n) is 15.4. The van der Waals surface area contributed by atoms with Gasteiger partial charge in [-0.1, -0.05) is 5.16 Å². The largest absolute Gasteiger partial charge is 0.485 e. The standard InChI is InChI=1S/C21H14F2N2O5/c22-14-3-1-13(2-4-14)17-9-10-18(29-17)21(26)28-12-20-24-19(25-30-20)11-27-16-7-5-15(23)6-8-16/h1-10H,11-12H2. The number of rotatable bonds is 7. The predicted octanol–water partition coefficient (Wildman–Crippen LogP) is 4.54. The molecule has 0 unspecified atom stereocenters. The lowest BCUT2D eigenvalue weighted by Gasteiger charge is -2.02. The quantitative estimate of drug-likeness (QED) is 0.412. The summed E-state index contributed by atoms with van der Waals surface area (Å²) in [6.45, 7) is -0.253. The number of aromatic nitrogens is 2. The Kier molecular flexibility index (Phi) is 5.51.